The molecule has 1 aromatic rings. The molecule has 3 N–H and O–H groups in total. The third-order valence-electron chi connectivity index (χ3n) is 3.62. The number of anilines is 1. The van der Waals surface area contributed by atoms with Crippen molar-refractivity contribution < 1.29 is 19.1 Å². The van der Waals surface area contributed by atoms with Crippen LogP contribution >= 0.6 is 0 Å². The van der Waals surface area contributed by atoms with Gasteiger partial charge in [-0.2, -0.15) is 0 Å². The highest BCUT2D eigenvalue weighted by molar-refractivity contribution is 5.93. The Bertz CT molecular complexity index is 547. The lowest BCUT2D eigenvalue weighted by molar-refractivity contribution is -0.142. The van der Waals surface area contributed by atoms with Crippen LogP contribution in [0.15, 0.2) is 18.2 Å². The Morgan fingerprint density at radius 1 is 1.47 bits per heavy atom. The average molecular weight is 266 g/mol. The van der Waals surface area contributed by atoms with E-state index in [1.165, 1.54) is 17.0 Å². The van der Waals surface area contributed by atoms with E-state index in [0.29, 0.717) is 19.4 Å². The van der Waals surface area contributed by atoms with Crippen LogP contribution in [0.4, 0.5) is 10.1 Å². The summed E-state index contributed by atoms with van der Waals surface area (Å²) in [6, 6.07) is 3.85. The minimum atomic E-state index is -1.12. The van der Waals surface area contributed by atoms with E-state index in [-0.39, 0.29) is 11.3 Å². The first-order valence-electron chi connectivity index (χ1n) is 5.96. The molecule has 1 atom stereocenters. The summed E-state index contributed by atoms with van der Waals surface area (Å²) in [5, 5.41) is 9.30. The highest BCUT2D eigenvalue weighted by Crippen LogP contribution is 2.35. The van der Waals surface area contributed by atoms with Crippen LogP contribution in [-0.2, 0) is 4.79 Å². The summed E-state index contributed by atoms with van der Waals surface area (Å²) >= 11 is 0. The zero-order valence-electron chi connectivity index (χ0n) is 10.5. The molecule has 1 aliphatic heterocycles. The Balaban J connectivity index is 2.42. The van der Waals surface area contributed by atoms with Gasteiger partial charge in [-0.15, -0.1) is 0 Å². The summed E-state index contributed by atoms with van der Waals surface area (Å²) in [6.45, 7) is 2.04. The van der Waals surface area contributed by atoms with Crippen molar-refractivity contribution in [3.8, 4) is 0 Å². The van der Waals surface area contributed by atoms with Crippen molar-refractivity contribution in [3.63, 3.8) is 0 Å². The molecular formula is C13H15FN2O3. The summed E-state index contributed by atoms with van der Waals surface area (Å²) in [7, 11) is 0. The Labute approximate surface area is 109 Å². The number of hydrogen-bond donors (Lipinski definition) is 2. The largest absolute Gasteiger partial charge is 0.480 e. The molecule has 0 spiro atoms. The zero-order valence-corrected chi connectivity index (χ0v) is 10.5. The van der Waals surface area contributed by atoms with Crippen molar-refractivity contribution in [1.82, 2.24) is 0 Å². The van der Waals surface area contributed by atoms with Crippen LogP contribution in [0.2, 0.25) is 0 Å². The predicted molar refractivity (Wildman–Crippen MR) is 67.5 cm³/mol. The number of carboxylic acid groups (broad SMARTS) is 1. The van der Waals surface area contributed by atoms with Crippen molar-refractivity contribution in [1.29, 1.82) is 0 Å². The average Bonchev–Trinajstić information content (AvgIpc) is 2.72. The summed E-state index contributed by atoms with van der Waals surface area (Å²) in [4.78, 5) is 23.8. The van der Waals surface area contributed by atoms with Gasteiger partial charge in [0.1, 0.15) is 11.4 Å². The van der Waals surface area contributed by atoms with Crippen LogP contribution in [0.1, 0.15) is 30.1 Å². The minimum Gasteiger partial charge on any atom is -0.480 e. The van der Waals surface area contributed by atoms with Gasteiger partial charge < -0.3 is 15.7 Å². The summed E-state index contributed by atoms with van der Waals surface area (Å²) < 4.78 is 14.0. The molecule has 1 unspecified atom stereocenters. The fourth-order valence-corrected chi connectivity index (χ4v) is 2.45. The molecule has 2 rings (SSSR count). The van der Waals surface area contributed by atoms with E-state index in [4.69, 9.17) is 5.73 Å². The summed E-state index contributed by atoms with van der Waals surface area (Å²) in [6.07, 6.45) is 1.14. The molecule has 6 heteroatoms. The maximum atomic E-state index is 14.0. The van der Waals surface area contributed by atoms with Crippen LogP contribution in [0.25, 0.3) is 0 Å². The number of rotatable bonds is 3. The maximum absolute atomic E-state index is 14.0. The van der Waals surface area contributed by atoms with E-state index < -0.39 is 23.2 Å². The number of primary amides is 1. The smallest absolute Gasteiger partial charge is 0.329 e. The molecule has 102 valence electrons. The molecule has 0 radical (unpaired) electrons. The van der Waals surface area contributed by atoms with Crippen LogP contribution in [0, 0.1) is 5.82 Å². The second-order valence-corrected chi connectivity index (χ2v) is 4.86. The lowest BCUT2D eigenvalue weighted by Gasteiger charge is -2.33. The molecular weight excluding hydrogens is 251 g/mol. The van der Waals surface area contributed by atoms with E-state index >= 15 is 0 Å². The first-order chi connectivity index (χ1) is 8.86. The number of carbonyl (C=O) groups excluding carboxylic acids is 1. The van der Waals surface area contributed by atoms with E-state index in [0.717, 1.165) is 6.07 Å². The topological polar surface area (TPSA) is 83.6 Å². The molecule has 1 fully saturated rings. The Kier molecular flexibility index (Phi) is 3.18. The minimum absolute atomic E-state index is 0.0671. The maximum Gasteiger partial charge on any atom is 0.329 e. The molecule has 1 heterocycles. The van der Waals surface area contributed by atoms with E-state index in [1.54, 1.807) is 6.92 Å². The van der Waals surface area contributed by atoms with Crippen molar-refractivity contribution in [2.75, 3.05) is 11.4 Å². The van der Waals surface area contributed by atoms with Gasteiger partial charge in [0.25, 0.3) is 0 Å². The fourth-order valence-electron chi connectivity index (χ4n) is 2.45. The third-order valence-corrected chi connectivity index (χ3v) is 3.62. The van der Waals surface area contributed by atoms with Gasteiger partial charge in [0.05, 0.1) is 5.69 Å². The van der Waals surface area contributed by atoms with Gasteiger partial charge in [-0.25, -0.2) is 9.18 Å². The monoisotopic (exact) mass is 266 g/mol. The standard InChI is InChI=1S/C13H15FN2O3/c1-13(12(18)19)5-2-6-16(13)10-4-3-8(11(15)17)7-9(10)14/h3-4,7H,2,5-6H2,1H3,(H2,15,17)(H,18,19). The number of nitrogens with two attached hydrogens (primary N) is 1. The Morgan fingerprint density at radius 3 is 2.68 bits per heavy atom. The van der Waals surface area contributed by atoms with Gasteiger partial charge in [0, 0.05) is 12.1 Å². The summed E-state index contributed by atoms with van der Waals surface area (Å²) in [5.41, 5.74) is 4.21. The first-order valence-corrected chi connectivity index (χ1v) is 5.96. The lowest BCUT2D eigenvalue weighted by Crippen LogP contribution is -2.48. The van der Waals surface area contributed by atoms with E-state index in [2.05, 4.69) is 0 Å². The Morgan fingerprint density at radius 2 is 2.16 bits per heavy atom. The molecule has 1 aromatic carbocycles. The van der Waals surface area contributed by atoms with Gasteiger partial charge in [0.2, 0.25) is 5.91 Å². The normalized spacial score (nSPS) is 22.5. The molecule has 1 saturated heterocycles. The van der Waals surface area contributed by atoms with Crippen LogP contribution in [0.5, 0.6) is 0 Å². The SMILES string of the molecule is CC1(C(=O)O)CCCN1c1ccc(C(N)=O)cc1F. The molecule has 0 aliphatic carbocycles. The first kappa shape index (κ1) is 13.3. The van der Waals surface area contributed by atoms with Crippen molar-refractivity contribution in [2.24, 2.45) is 5.73 Å². The van der Waals surface area contributed by atoms with Gasteiger partial charge in [0.15, 0.2) is 0 Å². The fraction of sp³-hybridized carbons (Fsp3) is 0.385. The van der Waals surface area contributed by atoms with Gasteiger partial charge in [-0.3, -0.25) is 4.79 Å². The van der Waals surface area contributed by atoms with Gasteiger partial charge in [-0.05, 0) is 38.0 Å². The van der Waals surface area contributed by atoms with Gasteiger partial charge in [-0.1, -0.05) is 0 Å². The zero-order chi connectivity index (χ0) is 14.2. The number of halogens is 1. The highest BCUT2D eigenvalue weighted by Gasteiger charge is 2.44. The van der Waals surface area contributed by atoms with E-state index in [1.807, 2.05) is 0 Å². The predicted octanol–water partition coefficient (Wildman–Crippen LogP) is 1.37. The molecule has 1 amide bonds. The molecule has 0 aromatic heterocycles. The van der Waals surface area contributed by atoms with Crippen LogP contribution < -0.4 is 10.6 Å². The van der Waals surface area contributed by atoms with Crippen molar-refractivity contribution >= 4 is 17.6 Å². The molecule has 5 nitrogen and oxygen atoms in total. The second-order valence-electron chi connectivity index (χ2n) is 4.86. The van der Waals surface area contributed by atoms with Gasteiger partial charge >= 0.3 is 5.97 Å². The number of amides is 1. The number of benzene rings is 1. The number of aliphatic carboxylic acids is 1. The molecule has 0 saturated carbocycles. The highest BCUT2D eigenvalue weighted by atomic mass is 19.1. The Hall–Kier alpha value is -2.11. The van der Waals surface area contributed by atoms with Crippen LogP contribution in [-0.4, -0.2) is 29.1 Å². The number of nitrogens with zero attached hydrogens (tertiary/aromatic N) is 1. The number of carbonyl (C=O) groups is 2. The third kappa shape index (κ3) is 2.14. The molecule has 19 heavy (non-hydrogen) atoms. The summed E-state index contributed by atoms with van der Waals surface area (Å²) in [5.74, 6) is -2.33. The van der Waals surface area contributed by atoms with Crippen molar-refractivity contribution in [2.45, 2.75) is 25.3 Å². The number of carboxylic acids is 1. The second kappa shape index (κ2) is 4.53. The van der Waals surface area contributed by atoms with Crippen molar-refractivity contribution in [3.05, 3.63) is 29.6 Å². The number of hydrogen-bond acceptors (Lipinski definition) is 3. The lowest BCUT2D eigenvalue weighted by atomic mass is 9.98. The van der Waals surface area contributed by atoms with Crippen LogP contribution in [0.3, 0.4) is 0 Å². The van der Waals surface area contributed by atoms with E-state index in [9.17, 15) is 19.1 Å². The quantitative estimate of drug-likeness (QED) is 0.865. The molecule has 0 bridgehead atoms. The molecule has 1 aliphatic rings.